The van der Waals surface area contributed by atoms with Crippen LogP contribution in [0, 0.1) is 11.6 Å². The molecule has 1 aliphatic rings. The molecule has 5 nitrogen and oxygen atoms in total. The summed E-state index contributed by atoms with van der Waals surface area (Å²) in [6.07, 6.45) is 3.44. The molecule has 0 atom stereocenters. The van der Waals surface area contributed by atoms with Crippen molar-refractivity contribution in [1.82, 2.24) is 14.3 Å². The van der Waals surface area contributed by atoms with Gasteiger partial charge in [-0.15, -0.1) is 0 Å². The maximum atomic E-state index is 16.0. The number of fused-ring (bicyclic) bond motifs is 2. The van der Waals surface area contributed by atoms with E-state index in [9.17, 15) is 4.39 Å². The molecule has 0 radical (unpaired) electrons. The molecule has 1 fully saturated rings. The standard InChI is InChI=1S/C26H31F2N3O2Si/c1-34(2,3)13-12-33-17-30-26-19(16-29-30)14-24-22(25(26)28)15-23(18-8-10-32-11-9-18)31(24)21-6-4-20(27)5-7-21/h4-7,14-16,18H,8-13,17H2,1-3H3. The van der Waals surface area contributed by atoms with Crippen LogP contribution in [0.5, 0.6) is 0 Å². The van der Waals surface area contributed by atoms with Gasteiger partial charge in [0.05, 0.1) is 11.7 Å². The highest BCUT2D eigenvalue weighted by Crippen LogP contribution is 2.37. The largest absolute Gasteiger partial charge is 0.381 e. The Labute approximate surface area is 199 Å². The van der Waals surface area contributed by atoms with Crippen LogP contribution in [0.25, 0.3) is 27.5 Å². The topological polar surface area (TPSA) is 41.2 Å². The Morgan fingerprint density at radius 3 is 2.53 bits per heavy atom. The first-order valence-electron chi connectivity index (χ1n) is 11.9. The summed E-state index contributed by atoms with van der Waals surface area (Å²) in [7, 11) is -1.20. The molecule has 0 saturated carbocycles. The van der Waals surface area contributed by atoms with E-state index in [1.807, 2.05) is 12.1 Å². The average Bonchev–Trinajstić information content (AvgIpc) is 3.40. The number of ether oxygens (including phenoxy) is 2. The molecule has 0 aliphatic carbocycles. The monoisotopic (exact) mass is 483 g/mol. The maximum absolute atomic E-state index is 16.0. The Morgan fingerprint density at radius 2 is 1.82 bits per heavy atom. The van der Waals surface area contributed by atoms with Gasteiger partial charge in [-0.2, -0.15) is 5.10 Å². The molecule has 180 valence electrons. The predicted octanol–water partition coefficient (Wildman–Crippen LogP) is 6.46. The first-order valence-corrected chi connectivity index (χ1v) is 15.6. The number of aromatic nitrogens is 3. The van der Waals surface area contributed by atoms with Crippen LogP contribution in [0.2, 0.25) is 25.7 Å². The van der Waals surface area contributed by atoms with E-state index in [4.69, 9.17) is 9.47 Å². The Hall–Kier alpha value is -2.55. The van der Waals surface area contributed by atoms with Gasteiger partial charge in [0.1, 0.15) is 18.1 Å². The lowest BCUT2D eigenvalue weighted by Crippen LogP contribution is -2.22. The SMILES string of the molecule is C[Si](C)(C)CCOCn1ncc2cc3c(cc(C4CCOCC4)n3-c3ccc(F)cc3)c(F)c21. The maximum Gasteiger partial charge on any atom is 0.158 e. The average molecular weight is 484 g/mol. The quantitative estimate of drug-likeness (QED) is 0.224. The van der Waals surface area contributed by atoms with Gasteiger partial charge in [-0.1, -0.05) is 19.6 Å². The molecule has 8 heteroatoms. The van der Waals surface area contributed by atoms with Crippen LogP contribution in [-0.4, -0.2) is 42.2 Å². The molecule has 0 N–H and O–H groups in total. The van der Waals surface area contributed by atoms with E-state index in [0.29, 0.717) is 30.7 Å². The summed E-state index contributed by atoms with van der Waals surface area (Å²) in [6, 6.07) is 11.4. The van der Waals surface area contributed by atoms with E-state index in [0.717, 1.165) is 41.2 Å². The van der Waals surface area contributed by atoms with E-state index in [1.54, 1.807) is 23.0 Å². The molecule has 0 amide bonds. The van der Waals surface area contributed by atoms with Crippen molar-refractivity contribution >= 4 is 29.9 Å². The Morgan fingerprint density at radius 1 is 1.09 bits per heavy atom. The molecular formula is C26H31F2N3O2Si. The first kappa shape index (κ1) is 23.2. The number of rotatable bonds is 7. The normalized spacial score (nSPS) is 15.6. The molecule has 4 aromatic rings. The van der Waals surface area contributed by atoms with Gasteiger partial charge < -0.3 is 14.0 Å². The van der Waals surface area contributed by atoms with Crippen LogP contribution in [0.4, 0.5) is 8.78 Å². The lowest BCUT2D eigenvalue weighted by molar-refractivity contribution is 0.0813. The van der Waals surface area contributed by atoms with Crippen LogP contribution < -0.4 is 0 Å². The third kappa shape index (κ3) is 4.54. The molecule has 0 unspecified atom stereocenters. The van der Waals surface area contributed by atoms with E-state index < -0.39 is 8.07 Å². The van der Waals surface area contributed by atoms with Crippen molar-refractivity contribution < 1.29 is 18.3 Å². The smallest absolute Gasteiger partial charge is 0.158 e. The highest BCUT2D eigenvalue weighted by Gasteiger charge is 2.25. The summed E-state index contributed by atoms with van der Waals surface area (Å²) in [5.41, 5.74) is 3.06. The number of benzene rings is 2. The summed E-state index contributed by atoms with van der Waals surface area (Å²) in [5, 5.41) is 5.67. The van der Waals surface area contributed by atoms with Crippen molar-refractivity contribution in [2.45, 2.75) is 51.2 Å². The second-order valence-corrected chi connectivity index (χ2v) is 15.9. The molecule has 0 bridgehead atoms. The van der Waals surface area contributed by atoms with Crippen molar-refractivity contribution in [3.05, 3.63) is 59.9 Å². The van der Waals surface area contributed by atoms with Gasteiger partial charge in [-0.3, -0.25) is 0 Å². The summed E-state index contributed by atoms with van der Waals surface area (Å²) in [5.74, 6) is -0.347. The fraction of sp³-hybridized carbons (Fsp3) is 0.423. The van der Waals surface area contributed by atoms with Gasteiger partial charge in [0.15, 0.2) is 5.82 Å². The third-order valence-electron chi connectivity index (χ3n) is 6.61. The van der Waals surface area contributed by atoms with Gasteiger partial charge in [0.25, 0.3) is 0 Å². The first-order chi connectivity index (χ1) is 16.3. The fourth-order valence-corrected chi connectivity index (χ4v) is 5.44. The number of nitrogens with zero attached hydrogens (tertiary/aromatic N) is 3. The van der Waals surface area contributed by atoms with Crippen LogP contribution in [0.3, 0.4) is 0 Å². The zero-order valence-corrected chi connectivity index (χ0v) is 21.0. The van der Waals surface area contributed by atoms with Gasteiger partial charge in [0, 0.05) is 56.0 Å². The molecule has 2 aromatic carbocycles. The summed E-state index contributed by atoms with van der Waals surface area (Å²) >= 11 is 0. The van der Waals surface area contributed by atoms with Crippen molar-refractivity contribution in [3.63, 3.8) is 0 Å². The molecule has 0 spiro atoms. The van der Waals surface area contributed by atoms with Crippen LogP contribution in [-0.2, 0) is 16.2 Å². The van der Waals surface area contributed by atoms with E-state index in [1.165, 1.54) is 12.1 Å². The highest BCUT2D eigenvalue weighted by molar-refractivity contribution is 6.76. The van der Waals surface area contributed by atoms with E-state index in [-0.39, 0.29) is 24.3 Å². The molecule has 1 aliphatic heterocycles. The molecule has 2 aromatic heterocycles. The minimum atomic E-state index is -1.20. The Balaban J connectivity index is 1.59. The van der Waals surface area contributed by atoms with Gasteiger partial charge in [-0.05, 0) is 55.3 Å². The molecule has 34 heavy (non-hydrogen) atoms. The van der Waals surface area contributed by atoms with Crippen LogP contribution in [0.1, 0.15) is 24.5 Å². The van der Waals surface area contributed by atoms with Crippen molar-refractivity contribution in [1.29, 1.82) is 0 Å². The van der Waals surface area contributed by atoms with Gasteiger partial charge >= 0.3 is 0 Å². The van der Waals surface area contributed by atoms with Crippen LogP contribution >= 0.6 is 0 Å². The minimum Gasteiger partial charge on any atom is -0.381 e. The summed E-state index contributed by atoms with van der Waals surface area (Å²) in [4.78, 5) is 0. The second kappa shape index (κ2) is 9.24. The number of halogens is 2. The lowest BCUT2D eigenvalue weighted by atomic mass is 9.96. The number of hydrogen-bond donors (Lipinski definition) is 0. The zero-order valence-electron chi connectivity index (χ0n) is 20.0. The van der Waals surface area contributed by atoms with Crippen molar-refractivity contribution in [3.8, 4) is 5.69 Å². The minimum absolute atomic E-state index is 0.224. The van der Waals surface area contributed by atoms with Crippen molar-refractivity contribution in [2.24, 2.45) is 0 Å². The third-order valence-corrected chi connectivity index (χ3v) is 8.31. The molecule has 1 saturated heterocycles. The zero-order chi connectivity index (χ0) is 23.9. The highest BCUT2D eigenvalue weighted by atomic mass is 28.3. The summed E-state index contributed by atoms with van der Waals surface area (Å²) < 4.78 is 44.7. The number of hydrogen-bond acceptors (Lipinski definition) is 3. The second-order valence-electron chi connectivity index (χ2n) is 10.3. The van der Waals surface area contributed by atoms with Gasteiger partial charge in [-0.25, -0.2) is 13.5 Å². The van der Waals surface area contributed by atoms with E-state index >= 15 is 4.39 Å². The fourth-order valence-electron chi connectivity index (χ4n) is 4.68. The molecular weight excluding hydrogens is 452 g/mol. The van der Waals surface area contributed by atoms with Gasteiger partial charge in [0.2, 0.25) is 0 Å². The van der Waals surface area contributed by atoms with Crippen molar-refractivity contribution in [2.75, 3.05) is 19.8 Å². The van der Waals surface area contributed by atoms with Crippen LogP contribution in [0.15, 0.2) is 42.6 Å². The molecule has 3 heterocycles. The lowest BCUT2D eigenvalue weighted by Gasteiger charge is -2.24. The van der Waals surface area contributed by atoms with E-state index in [2.05, 4.69) is 29.3 Å². The Bertz CT molecular complexity index is 1300. The molecule has 5 rings (SSSR count). The Kier molecular flexibility index (Phi) is 6.31. The summed E-state index contributed by atoms with van der Waals surface area (Å²) in [6.45, 7) is 9.15. The predicted molar refractivity (Wildman–Crippen MR) is 133 cm³/mol.